The van der Waals surface area contributed by atoms with E-state index in [1.807, 2.05) is 25.4 Å². The van der Waals surface area contributed by atoms with E-state index < -0.39 is 0 Å². The van der Waals surface area contributed by atoms with Gasteiger partial charge in [0.05, 0.1) is 0 Å². The Morgan fingerprint density at radius 3 is 2.86 bits per heavy atom. The molecule has 3 nitrogen and oxygen atoms in total. The molecular weight excluding hydrogens is 174 g/mol. The molecule has 2 N–H and O–H groups in total. The summed E-state index contributed by atoms with van der Waals surface area (Å²) >= 11 is 0. The lowest BCUT2D eigenvalue weighted by molar-refractivity contribution is 0.622. The highest BCUT2D eigenvalue weighted by molar-refractivity contribution is 5.03. The summed E-state index contributed by atoms with van der Waals surface area (Å²) in [4.78, 5) is 4.26. The van der Waals surface area contributed by atoms with Crippen molar-refractivity contribution in [2.45, 2.75) is 12.8 Å². The summed E-state index contributed by atoms with van der Waals surface area (Å²) in [5.41, 5.74) is 1.16. The molecule has 0 aromatic carbocycles. The van der Waals surface area contributed by atoms with Crippen molar-refractivity contribution in [1.29, 1.82) is 0 Å². The number of hydrogen-bond acceptors (Lipinski definition) is 3. The maximum Gasteiger partial charge on any atom is 0.0416 e. The molecule has 0 spiro atoms. The van der Waals surface area contributed by atoms with E-state index >= 15 is 0 Å². The molecule has 1 aromatic heterocycles. The number of pyridine rings is 1. The average molecular weight is 193 g/mol. The summed E-state index contributed by atoms with van der Waals surface area (Å²) in [6.45, 7) is 3.17. The van der Waals surface area contributed by atoms with E-state index in [9.17, 15) is 0 Å². The Morgan fingerprint density at radius 1 is 1.21 bits per heavy atom. The van der Waals surface area contributed by atoms with E-state index in [-0.39, 0.29) is 0 Å². The van der Waals surface area contributed by atoms with Crippen LogP contribution in [-0.4, -0.2) is 31.7 Å². The van der Waals surface area contributed by atoms with Crippen molar-refractivity contribution >= 4 is 0 Å². The van der Waals surface area contributed by atoms with Crippen LogP contribution in [0, 0.1) is 0 Å². The molecule has 0 bridgehead atoms. The second-order valence-electron chi connectivity index (χ2n) is 3.28. The predicted octanol–water partition coefficient (Wildman–Crippen LogP) is 0.823. The molecule has 78 valence electrons. The summed E-state index contributed by atoms with van der Waals surface area (Å²) in [6.07, 6.45) is 4.04. The minimum absolute atomic E-state index is 1.01. The van der Waals surface area contributed by atoms with Crippen LogP contribution >= 0.6 is 0 Å². The second-order valence-corrected chi connectivity index (χ2v) is 3.28. The maximum absolute atomic E-state index is 4.26. The first-order chi connectivity index (χ1) is 6.93. The van der Waals surface area contributed by atoms with Crippen molar-refractivity contribution in [3.63, 3.8) is 0 Å². The van der Waals surface area contributed by atoms with Gasteiger partial charge in [-0.15, -0.1) is 0 Å². The minimum atomic E-state index is 1.01. The zero-order valence-electron chi connectivity index (χ0n) is 8.79. The lowest BCUT2D eigenvalue weighted by Gasteiger charge is -2.03. The molecule has 1 rings (SSSR count). The van der Waals surface area contributed by atoms with E-state index in [0.717, 1.165) is 31.7 Å². The van der Waals surface area contributed by atoms with Gasteiger partial charge in [-0.2, -0.15) is 0 Å². The van der Waals surface area contributed by atoms with Gasteiger partial charge < -0.3 is 10.6 Å². The van der Waals surface area contributed by atoms with Crippen LogP contribution in [0.4, 0.5) is 0 Å². The van der Waals surface area contributed by atoms with Crippen LogP contribution < -0.4 is 10.6 Å². The van der Waals surface area contributed by atoms with Crippen LogP contribution in [0.25, 0.3) is 0 Å². The van der Waals surface area contributed by atoms with Crippen LogP contribution in [0.2, 0.25) is 0 Å². The molecule has 0 amide bonds. The second kappa shape index (κ2) is 7.47. The molecule has 0 aliphatic heterocycles. The van der Waals surface area contributed by atoms with Crippen LogP contribution in [0.1, 0.15) is 12.1 Å². The molecule has 0 saturated heterocycles. The Balaban J connectivity index is 1.99. The number of nitrogens with zero attached hydrogens (tertiary/aromatic N) is 1. The van der Waals surface area contributed by atoms with E-state index in [1.54, 1.807) is 0 Å². The Kier molecular flexibility index (Phi) is 5.95. The minimum Gasteiger partial charge on any atom is -0.320 e. The standard InChI is InChI=1S/C11H19N3/c1-12-7-4-8-13-10-6-11-5-2-3-9-14-11/h2-3,5,9,12-13H,4,6-8,10H2,1H3. The number of rotatable bonds is 7. The molecule has 14 heavy (non-hydrogen) atoms. The largest absolute Gasteiger partial charge is 0.320 e. The molecule has 0 unspecified atom stereocenters. The van der Waals surface area contributed by atoms with Crippen molar-refractivity contribution < 1.29 is 0 Å². The van der Waals surface area contributed by atoms with Gasteiger partial charge in [0.15, 0.2) is 0 Å². The van der Waals surface area contributed by atoms with Gasteiger partial charge in [0.25, 0.3) is 0 Å². The summed E-state index contributed by atoms with van der Waals surface area (Å²) < 4.78 is 0. The van der Waals surface area contributed by atoms with Crippen molar-refractivity contribution in [3.05, 3.63) is 30.1 Å². The summed E-state index contributed by atoms with van der Waals surface area (Å²) in [5.74, 6) is 0. The zero-order chi connectivity index (χ0) is 10.1. The van der Waals surface area contributed by atoms with E-state index in [4.69, 9.17) is 0 Å². The quantitative estimate of drug-likeness (QED) is 0.630. The van der Waals surface area contributed by atoms with Crippen molar-refractivity contribution in [2.75, 3.05) is 26.7 Å². The van der Waals surface area contributed by atoms with Gasteiger partial charge in [0.1, 0.15) is 0 Å². The molecule has 0 fully saturated rings. The monoisotopic (exact) mass is 193 g/mol. The van der Waals surface area contributed by atoms with E-state index in [1.165, 1.54) is 6.42 Å². The third-order valence-corrected chi connectivity index (χ3v) is 2.06. The first-order valence-electron chi connectivity index (χ1n) is 5.18. The van der Waals surface area contributed by atoms with Gasteiger partial charge in [-0.05, 0) is 38.7 Å². The van der Waals surface area contributed by atoms with E-state index in [2.05, 4.69) is 21.7 Å². The summed E-state index contributed by atoms with van der Waals surface area (Å²) in [6, 6.07) is 6.04. The Labute approximate surface area is 85.9 Å². The lowest BCUT2D eigenvalue weighted by atomic mass is 10.2. The smallest absolute Gasteiger partial charge is 0.0416 e. The van der Waals surface area contributed by atoms with Crippen LogP contribution in [0.5, 0.6) is 0 Å². The van der Waals surface area contributed by atoms with Crippen LogP contribution in [0.15, 0.2) is 24.4 Å². The Morgan fingerprint density at radius 2 is 2.14 bits per heavy atom. The first-order valence-corrected chi connectivity index (χ1v) is 5.18. The first kappa shape index (κ1) is 11.1. The fraction of sp³-hybridized carbons (Fsp3) is 0.545. The Bertz CT molecular complexity index is 223. The van der Waals surface area contributed by atoms with Gasteiger partial charge in [-0.1, -0.05) is 6.07 Å². The molecule has 0 atom stereocenters. The molecule has 1 aromatic rings. The fourth-order valence-corrected chi connectivity index (χ4v) is 1.28. The summed E-state index contributed by atoms with van der Waals surface area (Å²) in [7, 11) is 1.98. The zero-order valence-corrected chi connectivity index (χ0v) is 8.79. The van der Waals surface area contributed by atoms with E-state index in [0.29, 0.717) is 0 Å². The molecule has 0 saturated carbocycles. The van der Waals surface area contributed by atoms with Gasteiger partial charge in [0, 0.05) is 24.9 Å². The van der Waals surface area contributed by atoms with Gasteiger partial charge in [-0.25, -0.2) is 0 Å². The Hall–Kier alpha value is -0.930. The molecule has 0 radical (unpaired) electrons. The molecular formula is C11H19N3. The average Bonchev–Trinajstić information content (AvgIpc) is 2.25. The molecule has 1 heterocycles. The third-order valence-electron chi connectivity index (χ3n) is 2.06. The number of aromatic nitrogens is 1. The van der Waals surface area contributed by atoms with Crippen LogP contribution in [-0.2, 0) is 6.42 Å². The topological polar surface area (TPSA) is 37.0 Å². The maximum atomic E-state index is 4.26. The summed E-state index contributed by atoms with van der Waals surface area (Å²) in [5, 5.41) is 6.51. The van der Waals surface area contributed by atoms with Gasteiger partial charge in [-0.3, -0.25) is 4.98 Å². The fourth-order valence-electron chi connectivity index (χ4n) is 1.28. The third kappa shape index (κ3) is 4.94. The molecule has 0 aliphatic carbocycles. The highest BCUT2D eigenvalue weighted by Crippen LogP contribution is 1.92. The van der Waals surface area contributed by atoms with Crippen LogP contribution in [0.3, 0.4) is 0 Å². The highest BCUT2D eigenvalue weighted by atomic mass is 14.9. The highest BCUT2D eigenvalue weighted by Gasteiger charge is 1.91. The number of hydrogen-bond donors (Lipinski definition) is 2. The molecule has 0 aliphatic rings. The number of nitrogens with one attached hydrogen (secondary N) is 2. The van der Waals surface area contributed by atoms with Gasteiger partial charge >= 0.3 is 0 Å². The molecule has 3 heteroatoms. The predicted molar refractivity (Wildman–Crippen MR) is 59.4 cm³/mol. The normalized spacial score (nSPS) is 10.4. The van der Waals surface area contributed by atoms with Gasteiger partial charge in [0.2, 0.25) is 0 Å². The lowest BCUT2D eigenvalue weighted by Crippen LogP contribution is -2.22. The van der Waals surface area contributed by atoms with Crippen molar-refractivity contribution in [3.8, 4) is 0 Å². The van der Waals surface area contributed by atoms with Crippen molar-refractivity contribution in [2.24, 2.45) is 0 Å². The SMILES string of the molecule is CNCCCNCCc1ccccn1. The van der Waals surface area contributed by atoms with Crippen molar-refractivity contribution in [1.82, 2.24) is 15.6 Å².